The largest absolute Gasteiger partial charge is 0.454 e. The molecule has 1 N–H and O–H groups in total. The highest BCUT2D eigenvalue weighted by Crippen LogP contribution is 2.24. The van der Waals surface area contributed by atoms with Gasteiger partial charge in [0.25, 0.3) is 17.7 Å². The molecule has 1 aliphatic heterocycles. The topological polar surface area (TPSA) is 106 Å². The minimum Gasteiger partial charge on any atom is -0.454 e. The van der Waals surface area contributed by atoms with Crippen LogP contribution in [0.15, 0.2) is 42.6 Å². The average molecular weight is 388 g/mol. The Balaban J connectivity index is 1.60. The Labute approximate surface area is 159 Å². The number of pyridine rings is 1. The van der Waals surface area contributed by atoms with E-state index in [-0.39, 0.29) is 22.0 Å². The first kappa shape index (κ1) is 18.5. The molecule has 0 spiro atoms. The van der Waals surface area contributed by atoms with Crippen molar-refractivity contribution in [3.8, 4) is 0 Å². The number of carbonyl (C=O) groups is 4. The Morgan fingerprint density at radius 1 is 1.15 bits per heavy atom. The molecule has 0 radical (unpaired) electrons. The van der Waals surface area contributed by atoms with Crippen LogP contribution in [0.4, 0.5) is 5.69 Å². The van der Waals surface area contributed by atoms with Crippen LogP contribution in [-0.2, 0) is 14.3 Å². The molecule has 0 saturated carbocycles. The molecule has 3 rings (SSSR count). The number of benzene rings is 1. The maximum absolute atomic E-state index is 12.4. The lowest BCUT2D eigenvalue weighted by molar-refractivity contribution is -0.150. The maximum atomic E-state index is 12.4. The van der Waals surface area contributed by atoms with Gasteiger partial charge in [-0.1, -0.05) is 23.7 Å². The summed E-state index contributed by atoms with van der Waals surface area (Å²) in [6.07, 6.45) is 1.46. The second-order valence-electron chi connectivity index (χ2n) is 5.70. The van der Waals surface area contributed by atoms with Gasteiger partial charge in [-0.15, -0.1) is 0 Å². The number of aromatic nitrogens is 1. The smallest absolute Gasteiger partial charge is 0.329 e. The van der Waals surface area contributed by atoms with Crippen molar-refractivity contribution >= 4 is 41.0 Å². The van der Waals surface area contributed by atoms with Crippen molar-refractivity contribution in [3.63, 3.8) is 0 Å². The summed E-state index contributed by atoms with van der Waals surface area (Å²) >= 11 is 5.83. The van der Waals surface area contributed by atoms with Crippen LogP contribution < -0.4 is 5.32 Å². The van der Waals surface area contributed by atoms with E-state index >= 15 is 0 Å². The minimum atomic E-state index is -1.17. The predicted molar refractivity (Wildman–Crippen MR) is 95.2 cm³/mol. The molecule has 1 atom stereocenters. The Bertz CT molecular complexity index is 911. The molecular weight excluding hydrogens is 374 g/mol. The molecule has 8 nitrogen and oxygen atoms in total. The quantitative estimate of drug-likeness (QED) is 0.477. The zero-order valence-corrected chi connectivity index (χ0v) is 14.9. The average Bonchev–Trinajstić information content (AvgIpc) is 2.92. The van der Waals surface area contributed by atoms with Crippen LogP contribution in [0.1, 0.15) is 27.6 Å². The molecular formula is C18H14ClN3O5. The number of rotatable bonds is 5. The summed E-state index contributed by atoms with van der Waals surface area (Å²) in [5.74, 6) is -2.66. The summed E-state index contributed by atoms with van der Waals surface area (Å²) in [6.45, 7) is 0.761. The fourth-order valence-electron chi connectivity index (χ4n) is 2.59. The molecule has 2 heterocycles. The highest BCUT2D eigenvalue weighted by Gasteiger charge is 2.41. The first-order valence-electron chi connectivity index (χ1n) is 7.94. The first-order valence-corrected chi connectivity index (χ1v) is 8.32. The highest BCUT2D eigenvalue weighted by molar-refractivity contribution is 6.32. The molecule has 1 aliphatic rings. The van der Waals surface area contributed by atoms with E-state index in [9.17, 15) is 19.2 Å². The van der Waals surface area contributed by atoms with Crippen molar-refractivity contribution in [2.45, 2.75) is 13.0 Å². The molecule has 0 fully saturated rings. The number of imide groups is 1. The number of ether oxygens (including phenoxy) is 1. The van der Waals surface area contributed by atoms with Crippen LogP contribution in [0, 0.1) is 0 Å². The lowest BCUT2D eigenvalue weighted by Gasteiger charge is -2.20. The van der Waals surface area contributed by atoms with Gasteiger partial charge < -0.3 is 10.1 Å². The van der Waals surface area contributed by atoms with Gasteiger partial charge in [-0.3, -0.25) is 19.3 Å². The lowest BCUT2D eigenvalue weighted by Crippen LogP contribution is -2.44. The number of amides is 3. The van der Waals surface area contributed by atoms with Gasteiger partial charge >= 0.3 is 5.97 Å². The number of nitrogens with zero attached hydrogens (tertiary/aromatic N) is 2. The summed E-state index contributed by atoms with van der Waals surface area (Å²) in [5.41, 5.74) is 0.728. The third kappa shape index (κ3) is 3.65. The van der Waals surface area contributed by atoms with Crippen molar-refractivity contribution < 1.29 is 23.9 Å². The molecule has 0 unspecified atom stereocenters. The number of hydrogen-bond donors (Lipinski definition) is 1. The van der Waals surface area contributed by atoms with Gasteiger partial charge in [0, 0.05) is 6.20 Å². The van der Waals surface area contributed by atoms with E-state index in [1.165, 1.54) is 31.3 Å². The SMILES string of the molecule is C[C@@H](C(=O)OCC(=O)Nc1cccnc1Cl)N1C(=O)c2ccccc2C1=O. The molecule has 0 bridgehead atoms. The monoisotopic (exact) mass is 387 g/mol. The minimum absolute atomic E-state index is 0.0940. The molecule has 1 aromatic heterocycles. The van der Waals surface area contributed by atoms with Crippen LogP contribution >= 0.6 is 11.6 Å². The van der Waals surface area contributed by atoms with Crippen LogP contribution in [0.3, 0.4) is 0 Å². The standard InChI is InChI=1S/C18H14ClN3O5/c1-10(22-16(24)11-5-2-3-6-12(11)17(22)25)18(26)27-9-14(23)21-13-7-4-8-20-15(13)19/h2-8,10H,9H2,1H3,(H,21,23)/t10-/m0/s1. The summed E-state index contributed by atoms with van der Waals surface area (Å²) in [7, 11) is 0. The number of nitrogens with one attached hydrogen (secondary N) is 1. The molecule has 9 heteroatoms. The van der Waals surface area contributed by atoms with Crippen LogP contribution in [0.2, 0.25) is 5.15 Å². The van der Waals surface area contributed by atoms with E-state index in [1.807, 2.05) is 0 Å². The zero-order chi connectivity index (χ0) is 19.6. The molecule has 3 amide bonds. The second-order valence-corrected chi connectivity index (χ2v) is 6.06. The molecule has 0 saturated heterocycles. The normalized spacial score (nSPS) is 13.9. The summed E-state index contributed by atoms with van der Waals surface area (Å²) in [4.78, 5) is 53.5. The number of hydrogen-bond acceptors (Lipinski definition) is 6. The van der Waals surface area contributed by atoms with Crippen molar-refractivity contribution in [3.05, 3.63) is 58.9 Å². The molecule has 27 heavy (non-hydrogen) atoms. The van der Waals surface area contributed by atoms with Crippen molar-refractivity contribution in [1.29, 1.82) is 0 Å². The van der Waals surface area contributed by atoms with Crippen LogP contribution in [0.25, 0.3) is 0 Å². The number of anilines is 1. The second kappa shape index (κ2) is 7.55. The van der Waals surface area contributed by atoms with E-state index in [4.69, 9.17) is 16.3 Å². The highest BCUT2D eigenvalue weighted by atomic mass is 35.5. The fraction of sp³-hybridized carbons (Fsp3) is 0.167. The van der Waals surface area contributed by atoms with Gasteiger partial charge in [-0.25, -0.2) is 9.78 Å². The van der Waals surface area contributed by atoms with Crippen molar-refractivity contribution in [2.24, 2.45) is 0 Å². The Hall–Kier alpha value is -3.26. The Kier molecular flexibility index (Phi) is 5.18. The number of carbonyl (C=O) groups excluding carboxylic acids is 4. The third-order valence-corrected chi connectivity index (χ3v) is 4.23. The summed E-state index contributed by atoms with van der Waals surface area (Å²) in [6, 6.07) is 8.23. The van der Waals surface area contributed by atoms with E-state index in [2.05, 4.69) is 10.3 Å². The predicted octanol–water partition coefficient (Wildman–Crippen LogP) is 1.90. The van der Waals surface area contributed by atoms with Gasteiger partial charge in [0.2, 0.25) is 0 Å². The molecule has 1 aromatic carbocycles. The Morgan fingerprint density at radius 2 is 1.78 bits per heavy atom. The van der Waals surface area contributed by atoms with E-state index in [0.717, 1.165) is 4.90 Å². The fourth-order valence-corrected chi connectivity index (χ4v) is 2.75. The number of halogens is 1. The van der Waals surface area contributed by atoms with Gasteiger partial charge in [-0.2, -0.15) is 0 Å². The van der Waals surface area contributed by atoms with Gasteiger partial charge in [0.05, 0.1) is 16.8 Å². The maximum Gasteiger partial charge on any atom is 0.329 e. The first-order chi connectivity index (χ1) is 12.9. The Morgan fingerprint density at radius 3 is 2.37 bits per heavy atom. The van der Waals surface area contributed by atoms with Gasteiger partial charge in [0.1, 0.15) is 6.04 Å². The molecule has 2 aromatic rings. The summed E-state index contributed by atoms with van der Waals surface area (Å²) < 4.78 is 4.93. The molecule has 0 aliphatic carbocycles. The van der Waals surface area contributed by atoms with Crippen LogP contribution in [-0.4, -0.2) is 46.2 Å². The van der Waals surface area contributed by atoms with Crippen molar-refractivity contribution in [2.75, 3.05) is 11.9 Å². The molecule has 138 valence electrons. The van der Waals surface area contributed by atoms with Crippen LogP contribution in [0.5, 0.6) is 0 Å². The number of fused-ring (bicyclic) bond motifs is 1. The lowest BCUT2D eigenvalue weighted by atomic mass is 10.1. The van der Waals surface area contributed by atoms with E-state index in [1.54, 1.807) is 18.2 Å². The third-order valence-electron chi connectivity index (χ3n) is 3.93. The van der Waals surface area contributed by atoms with Gasteiger partial charge in [-0.05, 0) is 31.2 Å². The van der Waals surface area contributed by atoms with E-state index in [0.29, 0.717) is 0 Å². The number of esters is 1. The van der Waals surface area contributed by atoms with E-state index < -0.39 is 36.3 Å². The zero-order valence-electron chi connectivity index (χ0n) is 14.1. The van der Waals surface area contributed by atoms with Gasteiger partial charge in [0.15, 0.2) is 11.8 Å². The van der Waals surface area contributed by atoms with Crippen molar-refractivity contribution in [1.82, 2.24) is 9.88 Å². The summed E-state index contributed by atoms with van der Waals surface area (Å²) in [5, 5.41) is 2.54.